The molecule has 0 fully saturated rings. The van der Waals surface area contributed by atoms with Gasteiger partial charge in [0.1, 0.15) is 5.02 Å². The lowest BCUT2D eigenvalue weighted by Crippen LogP contribution is -2.23. The molecule has 0 radical (unpaired) electrons. The summed E-state index contributed by atoms with van der Waals surface area (Å²) in [4.78, 5) is 10.3. The van der Waals surface area contributed by atoms with Crippen LogP contribution in [-0.2, 0) is 0 Å². The molecule has 1 aromatic carbocycles. The van der Waals surface area contributed by atoms with Gasteiger partial charge in [0.05, 0.1) is 4.92 Å². The Bertz CT molecular complexity index is 438. The Morgan fingerprint density at radius 3 is 2.67 bits per heavy atom. The van der Waals surface area contributed by atoms with Crippen LogP contribution < -0.4 is 10.6 Å². The average Bonchev–Trinajstić information content (AvgIpc) is 2.29. The summed E-state index contributed by atoms with van der Waals surface area (Å²) >= 11 is 5.88. The fourth-order valence-electron chi connectivity index (χ4n) is 1.70. The van der Waals surface area contributed by atoms with Gasteiger partial charge in [0.25, 0.3) is 5.69 Å². The van der Waals surface area contributed by atoms with Crippen molar-refractivity contribution >= 4 is 23.0 Å². The minimum atomic E-state index is -0.470. The molecule has 1 unspecified atom stereocenters. The summed E-state index contributed by atoms with van der Waals surface area (Å²) in [6.45, 7) is 5.64. The van der Waals surface area contributed by atoms with E-state index in [1.807, 2.05) is 14.0 Å². The number of nitrogens with one attached hydrogen (secondary N) is 2. The van der Waals surface area contributed by atoms with Crippen molar-refractivity contribution in [3.8, 4) is 0 Å². The zero-order valence-electron chi connectivity index (χ0n) is 10.8. The second-order valence-electron chi connectivity index (χ2n) is 4.42. The van der Waals surface area contributed by atoms with Gasteiger partial charge >= 0.3 is 0 Å². The Morgan fingerprint density at radius 1 is 1.44 bits per heavy atom. The van der Waals surface area contributed by atoms with Crippen molar-refractivity contribution in [1.82, 2.24) is 5.32 Å². The Morgan fingerprint density at radius 2 is 2.11 bits per heavy atom. The summed E-state index contributed by atoms with van der Waals surface area (Å²) in [5.74, 6) is 0.461. The van der Waals surface area contributed by atoms with Gasteiger partial charge in [-0.15, -0.1) is 0 Å². The maximum atomic E-state index is 10.7. The monoisotopic (exact) mass is 271 g/mol. The molecule has 0 aliphatic rings. The predicted molar refractivity (Wildman–Crippen MR) is 74.4 cm³/mol. The van der Waals surface area contributed by atoms with Crippen molar-refractivity contribution in [1.29, 1.82) is 0 Å². The van der Waals surface area contributed by atoms with Gasteiger partial charge in [-0.05, 0) is 38.1 Å². The van der Waals surface area contributed by atoms with Crippen LogP contribution in [0.4, 0.5) is 11.4 Å². The fourth-order valence-corrected chi connectivity index (χ4v) is 1.93. The molecule has 0 heterocycles. The number of aryl methyl sites for hydroxylation is 1. The minimum absolute atomic E-state index is 0.0528. The summed E-state index contributed by atoms with van der Waals surface area (Å²) in [6, 6.07) is 3.11. The van der Waals surface area contributed by atoms with Gasteiger partial charge in [-0.3, -0.25) is 10.1 Å². The molecule has 0 amide bonds. The fraction of sp³-hybridized carbons (Fsp3) is 0.500. The van der Waals surface area contributed by atoms with Crippen molar-refractivity contribution < 1.29 is 4.92 Å². The maximum Gasteiger partial charge on any atom is 0.288 e. The Kier molecular flexibility index (Phi) is 5.37. The van der Waals surface area contributed by atoms with Crippen LogP contribution >= 0.6 is 11.6 Å². The van der Waals surface area contributed by atoms with Crippen LogP contribution in [0, 0.1) is 23.0 Å². The molecule has 0 saturated carbocycles. The first-order chi connectivity index (χ1) is 8.45. The first kappa shape index (κ1) is 14.7. The third-order valence-electron chi connectivity index (χ3n) is 2.68. The maximum absolute atomic E-state index is 10.7. The molecule has 18 heavy (non-hydrogen) atoms. The van der Waals surface area contributed by atoms with Crippen molar-refractivity contribution in [3.63, 3.8) is 0 Å². The van der Waals surface area contributed by atoms with E-state index in [0.717, 1.165) is 24.3 Å². The SMILES string of the molecule is CNCC(C)CNc1cc(Cl)c([N+](=O)[O-])cc1C. The molecule has 0 aliphatic carbocycles. The van der Waals surface area contributed by atoms with Crippen molar-refractivity contribution in [2.24, 2.45) is 5.92 Å². The molecule has 5 nitrogen and oxygen atoms in total. The molecule has 100 valence electrons. The van der Waals surface area contributed by atoms with E-state index < -0.39 is 4.92 Å². The summed E-state index contributed by atoms with van der Waals surface area (Å²) in [5.41, 5.74) is 1.61. The zero-order valence-corrected chi connectivity index (χ0v) is 11.5. The lowest BCUT2D eigenvalue weighted by molar-refractivity contribution is -0.384. The van der Waals surface area contributed by atoms with E-state index in [2.05, 4.69) is 17.6 Å². The van der Waals surface area contributed by atoms with Crippen molar-refractivity contribution in [3.05, 3.63) is 32.8 Å². The van der Waals surface area contributed by atoms with Gasteiger partial charge in [-0.25, -0.2) is 0 Å². The largest absolute Gasteiger partial charge is 0.384 e. The van der Waals surface area contributed by atoms with Crippen molar-refractivity contribution in [2.45, 2.75) is 13.8 Å². The Balaban J connectivity index is 2.79. The molecule has 1 aromatic rings. The van der Waals surface area contributed by atoms with Crippen LogP contribution in [0.25, 0.3) is 0 Å². The van der Waals surface area contributed by atoms with Gasteiger partial charge in [-0.2, -0.15) is 0 Å². The van der Waals surface area contributed by atoms with Gasteiger partial charge in [0, 0.05) is 18.3 Å². The van der Waals surface area contributed by atoms with Gasteiger partial charge in [0.15, 0.2) is 0 Å². The highest BCUT2D eigenvalue weighted by Gasteiger charge is 2.15. The van der Waals surface area contributed by atoms with Crippen LogP contribution in [0.15, 0.2) is 12.1 Å². The summed E-state index contributed by atoms with van der Waals surface area (Å²) in [5, 5.41) is 17.2. The van der Waals surface area contributed by atoms with Gasteiger partial charge in [0.2, 0.25) is 0 Å². The number of benzene rings is 1. The van der Waals surface area contributed by atoms with E-state index in [4.69, 9.17) is 11.6 Å². The first-order valence-electron chi connectivity index (χ1n) is 5.78. The zero-order chi connectivity index (χ0) is 13.7. The number of halogens is 1. The third-order valence-corrected chi connectivity index (χ3v) is 2.99. The second kappa shape index (κ2) is 6.56. The van der Waals surface area contributed by atoms with Gasteiger partial charge < -0.3 is 10.6 Å². The highest BCUT2D eigenvalue weighted by atomic mass is 35.5. The molecular weight excluding hydrogens is 254 g/mol. The number of hydrogen-bond acceptors (Lipinski definition) is 4. The van der Waals surface area contributed by atoms with E-state index in [0.29, 0.717) is 5.92 Å². The average molecular weight is 272 g/mol. The van der Waals surface area contributed by atoms with E-state index in [1.54, 1.807) is 6.07 Å². The molecule has 6 heteroatoms. The molecule has 0 aromatic heterocycles. The smallest absolute Gasteiger partial charge is 0.288 e. The molecule has 0 bridgehead atoms. The molecule has 0 aliphatic heterocycles. The second-order valence-corrected chi connectivity index (χ2v) is 4.83. The number of anilines is 1. The summed E-state index contributed by atoms with van der Waals surface area (Å²) in [6.07, 6.45) is 0. The highest BCUT2D eigenvalue weighted by molar-refractivity contribution is 6.33. The van der Waals surface area contributed by atoms with E-state index in [9.17, 15) is 10.1 Å². The van der Waals surface area contributed by atoms with Gasteiger partial charge in [-0.1, -0.05) is 18.5 Å². The number of hydrogen-bond donors (Lipinski definition) is 2. The van der Waals surface area contributed by atoms with Crippen LogP contribution in [0.3, 0.4) is 0 Å². The van der Waals surface area contributed by atoms with Crippen LogP contribution in [0.5, 0.6) is 0 Å². The van der Waals surface area contributed by atoms with Crippen molar-refractivity contribution in [2.75, 3.05) is 25.5 Å². The number of nitrogens with zero attached hydrogens (tertiary/aromatic N) is 1. The predicted octanol–water partition coefficient (Wildman–Crippen LogP) is 2.82. The Hall–Kier alpha value is -1.33. The molecule has 0 saturated heterocycles. The van der Waals surface area contributed by atoms with Crippen LogP contribution in [0.2, 0.25) is 5.02 Å². The molecule has 1 atom stereocenters. The normalized spacial score (nSPS) is 12.2. The number of rotatable bonds is 6. The lowest BCUT2D eigenvalue weighted by Gasteiger charge is -2.15. The summed E-state index contributed by atoms with van der Waals surface area (Å²) < 4.78 is 0. The van der Waals surface area contributed by atoms with E-state index in [-0.39, 0.29) is 10.7 Å². The number of nitro groups is 1. The van der Waals surface area contributed by atoms with Crippen LogP contribution in [0.1, 0.15) is 12.5 Å². The quantitative estimate of drug-likeness (QED) is 0.617. The molecule has 2 N–H and O–H groups in total. The number of nitro benzene ring substituents is 1. The van der Waals surface area contributed by atoms with Crippen LogP contribution in [-0.4, -0.2) is 25.1 Å². The Labute approximate surface area is 112 Å². The van der Waals surface area contributed by atoms with E-state index in [1.165, 1.54) is 6.07 Å². The standard InChI is InChI=1S/C12H18ClN3O2/c1-8(6-14-3)7-15-11-5-10(13)12(16(17)18)4-9(11)2/h4-5,8,14-15H,6-7H2,1-3H3. The molecule has 0 spiro atoms. The summed E-state index contributed by atoms with van der Waals surface area (Å²) in [7, 11) is 1.91. The lowest BCUT2D eigenvalue weighted by atomic mass is 10.1. The minimum Gasteiger partial charge on any atom is -0.384 e. The molecular formula is C12H18ClN3O2. The molecule has 1 rings (SSSR count). The first-order valence-corrected chi connectivity index (χ1v) is 6.16. The third kappa shape index (κ3) is 3.85. The van der Waals surface area contributed by atoms with E-state index >= 15 is 0 Å². The highest BCUT2D eigenvalue weighted by Crippen LogP contribution is 2.30. The topological polar surface area (TPSA) is 67.2 Å².